The van der Waals surface area contributed by atoms with Gasteiger partial charge in [0.05, 0.1) is 39.8 Å². The van der Waals surface area contributed by atoms with Gasteiger partial charge in [0, 0.05) is 28.6 Å². The summed E-state index contributed by atoms with van der Waals surface area (Å²) in [6, 6.07) is 19.3. The Bertz CT molecular complexity index is 1520. The van der Waals surface area contributed by atoms with Crippen LogP contribution < -0.4 is 5.73 Å². The monoisotopic (exact) mass is 457 g/mol. The maximum absolute atomic E-state index is 10.9. The number of imidazole rings is 1. The van der Waals surface area contributed by atoms with Crippen LogP contribution in [0.15, 0.2) is 72.0 Å². The van der Waals surface area contributed by atoms with Gasteiger partial charge >= 0.3 is 0 Å². The van der Waals surface area contributed by atoms with E-state index in [2.05, 4.69) is 9.97 Å². The zero-order chi connectivity index (χ0) is 23.3. The molecule has 7 heteroatoms. The SMILES string of the molecule is Cn1cnc2cc(C(=Nc3ccc(C(C)(C)N)cc3)c3c(O)[nH]c4cc(Cl)ccc34)ccc21. The molecule has 2 heterocycles. The third kappa shape index (κ3) is 3.88. The molecule has 0 spiro atoms. The van der Waals surface area contributed by atoms with Gasteiger partial charge in [-0.05, 0) is 55.8 Å². The number of halogens is 1. The third-order valence-corrected chi connectivity index (χ3v) is 6.06. The highest BCUT2D eigenvalue weighted by Gasteiger charge is 2.20. The fourth-order valence-corrected chi connectivity index (χ4v) is 4.21. The molecule has 3 aromatic carbocycles. The first kappa shape index (κ1) is 21.2. The molecule has 0 bridgehead atoms. The van der Waals surface area contributed by atoms with Crippen LogP contribution in [-0.2, 0) is 12.6 Å². The van der Waals surface area contributed by atoms with Crippen molar-refractivity contribution in [2.45, 2.75) is 19.4 Å². The first-order chi connectivity index (χ1) is 15.7. The van der Waals surface area contributed by atoms with E-state index >= 15 is 0 Å². The summed E-state index contributed by atoms with van der Waals surface area (Å²) in [5, 5.41) is 12.3. The number of aryl methyl sites for hydroxylation is 1. The molecule has 0 aliphatic rings. The van der Waals surface area contributed by atoms with Crippen LogP contribution in [0.3, 0.4) is 0 Å². The zero-order valence-electron chi connectivity index (χ0n) is 18.6. The fourth-order valence-electron chi connectivity index (χ4n) is 4.04. The highest BCUT2D eigenvalue weighted by molar-refractivity contribution is 6.31. The van der Waals surface area contributed by atoms with Crippen molar-refractivity contribution in [3.8, 4) is 5.88 Å². The number of aliphatic imine (C=N–C) groups is 1. The Morgan fingerprint density at radius 1 is 1.09 bits per heavy atom. The molecule has 0 radical (unpaired) electrons. The van der Waals surface area contributed by atoms with E-state index in [0.29, 0.717) is 16.3 Å². The standard InChI is InChI=1S/C26H24ClN5O/c1-26(2,28)16-5-8-18(9-6-16)30-24(15-4-11-22-21(12-15)29-14-32(22)3)23-19-10-7-17(27)13-20(19)31-25(23)33/h4-14,31,33H,28H2,1-3H3. The minimum absolute atomic E-state index is 0.0341. The molecule has 4 N–H and O–H groups in total. The van der Waals surface area contributed by atoms with Gasteiger partial charge in [0.15, 0.2) is 5.88 Å². The summed E-state index contributed by atoms with van der Waals surface area (Å²) in [5.74, 6) is 0.0341. The van der Waals surface area contributed by atoms with E-state index in [9.17, 15) is 5.11 Å². The smallest absolute Gasteiger partial charge is 0.199 e. The molecule has 2 aromatic heterocycles. The van der Waals surface area contributed by atoms with Crippen LogP contribution in [0, 0.1) is 0 Å². The van der Waals surface area contributed by atoms with Crippen LogP contribution in [0.4, 0.5) is 5.69 Å². The van der Waals surface area contributed by atoms with Gasteiger partial charge in [-0.1, -0.05) is 35.9 Å². The average Bonchev–Trinajstić information content (AvgIpc) is 3.30. The molecule has 166 valence electrons. The molecule has 0 aliphatic heterocycles. The van der Waals surface area contributed by atoms with Crippen LogP contribution in [0.1, 0.15) is 30.5 Å². The predicted molar refractivity (Wildman–Crippen MR) is 135 cm³/mol. The Morgan fingerprint density at radius 3 is 2.58 bits per heavy atom. The molecule has 0 aliphatic carbocycles. The molecule has 0 saturated carbocycles. The summed E-state index contributed by atoms with van der Waals surface area (Å²) in [4.78, 5) is 12.5. The molecule has 0 atom stereocenters. The van der Waals surface area contributed by atoms with E-state index in [1.54, 1.807) is 18.5 Å². The quantitative estimate of drug-likeness (QED) is 0.299. The lowest BCUT2D eigenvalue weighted by molar-refractivity contribution is 0.457. The van der Waals surface area contributed by atoms with Crippen LogP contribution in [0.25, 0.3) is 21.9 Å². The second-order valence-electron chi connectivity index (χ2n) is 8.83. The van der Waals surface area contributed by atoms with Crippen molar-refractivity contribution in [3.05, 3.63) is 88.7 Å². The van der Waals surface area contributed by atoms with Gasteiger partial charge in [0.2, 0.25) is 0 Å². The zero-order valence-corrected chi connectivity index (χ0v) is 19.4. The molecule has 0 fully saturated rings. The Balaban J connectivity index is 1.73. The summed E-state index contributed by atoms with van der Waals surface area (Å²) in [7, 11) is 1.96. The Labute approximate surface area is 196 Å². The highest BCUT2D eigenvalue weighted by atomic mass is 35.5. The average molecular weight is 458 g/mol. The number of hydrogen-bond acceptors (Lipinski definition) is 4. The number of fused-ring (bicyclic) bond motifs is 2. The lowest BCUT2D eigenvalue weighted by Crippen LogP contribution is -2.28. The number of aromatic hydroxyl groups is 1. The molecule has 6 nitrogen and oxygen atoms in total. The van der Waals surface area contributed by atoms with Crippen molar-refractivity contribution in [3.63, 3.8) is 0 Å². The van der Waals surface area contributed by atoms with Crippen molar-refractivity contribution < 1.29 is 5.11 Å². The van der Waals surface area contributed by atoms with Crippen LogP contribution in [0.2, 0.25) is 5.02 Å². The first-order valence-electron chi connectivity index (χ1n) is 10.6. The number of aromatic nitrogens is 3. The number of benzene rings is 3. The van der Waals surface area contributed by atoms with Crippen molar-refractivity contribution in [2.24, 2.45) is 17.8 Å². The van der Waals surface area contributed by atoms with Crippen LogP contribution in [-0.4, -0.2) is 25.4 Å². The number of hydrogen-bond donors (Lipinski definition) is 3. The number of nitrogens with zero attached hydrogens (tertiary/aromatic N) is 3. The highest BCUT2D eigenvalue weighted by Crippen LogP contribution is 2.33. The minimum atomic E-state index is -0.441. The molecular formula is C26H24ClN5O. The lowest BCUT2D eigenvalue weighted by atomic mass is 9.95. The maximum atomic E-state index is 10.9. The molecule has 0 saturated heterocycles. The number of aromatic amines is 1. The number of rotatable bonds is 4. The molecule has 5 aromatic rings. The molecular weight excluding hydrogens is 434 g/mol. The van der Waals surface area contributed by atoms with E-state index in [1.807, 2.05) is 74.0 Å². The molecule has 0 amide bonds. The van der Waals surface area contributed by atoms with Gasteiger partial charge < -0.3 is 20.4 Å². The van der Waals surface area contributed by atoms with Crippen molar-refractivity contribution >= 4 is 44.9 Å². The summed E-state index contributed by atoms with van der Waals surface area (Å²) in [6.07, 6.45) is 1.78. The second-order valence-corrected chi connectivity index (χ2v) is 9.26. The van der Waals surface area contributed by atoms with Crippen molar-refractivity contribution in [2.75, 3.05) is 0 Å². The molecule has 5 rings (SSSR count). The van der Waals surface area contributed by atoms with Gasteiger partial charge in [-0.3, -0.25) is 0 Å². The van der Waals surface area contributed by atoms with Gasteiger partial charge in [0.25, 0.3) is 0 Å². The summed E-state index contributed by atoms with van der Waals surface area (Å²) in [6.45, 7) is 3.93. The minimum Gasteiger partial charge on any atom is -0.494 e. The number of nitrogens with two attached hydrogens (primary N) is 1. The Morgan fingerprint density at radius 2 is 1.85 bits per heavy atom. The van der Waals surface area contributed by atoms with E-state index in [0.717, 1.165) is 38.8 Å². The molecule has 33 heavy (non-hydrogen) atoms. The summed E-state index contributed by atoms with van der Waals surface area (Å²) in [5.41, 5.74) is 12.3. The van der Waals surface area contributed by atoms with Gasteiger partial charge in [0.1, 0.15) is 0 Å². The van der Waals surface area contributed by atoms with Crippen molar-refractivity contribution in [1.29, 1.82) is 0 Å². The van der Waals surface area contributed by atoms with E-state index in [4.69, 9.17) is 22.3 Å². The summed E-state index contributed by atoms with van der Waals surface area (Å²) >= 11 is 6.17. The largest absolute Gasteiger partial charge is 0.494 e. The van der Waals surface area contributed by atoms with E-state index in [1.165, 1.54) is 0 Å². The van der Waals surface area contributed by atoms with E-state index < -0.39 is 5.54 Å². The van der Waals surface area contributed by atoms with Gasteiger partial charge in [-0.15, -0.1) is 0 Å². The lowest BCUT2D eigenvalue weighted by Gasteiger charge is -2.19. The van der Waals surface area contributed by atoms with Crippen LogP contribution in [0.5, 0.6) is 5.88 Å². The van der Waals surface area contributed by atoms with Crippen LogP contribution >= 0.6 is 11.6 Å². The summed E-state index contributed by atoms with van der Waals surface area (Å²) < 4.78 is 1.97. The predicted octanol–water partition coefficient (Wildman–Crippen LogP) is 5.78. The van der Waals surface area contributed by atoms with Gasteiger partial charge in [-0.2, -0.15) is 0 Å². The topological polar surface area (TPSA) is 92.2 Å². The first-order valence-corrected chi connectivity index (χ1v) is 11.0. The molecule has 0 unspecified atom stereocenters. The second kappa shape index (κ2) is 7.76. The number of nitrogens with one attached hydrogen (secondary N) is 1. The number of H-pyrrole nitrogens is 1. The van der Waals surface area contributed by atoms with Crippen molar-refractivity contribution in [1.82, 2.24) is 14.5 Å². The third-order valence-electron chi connectivity index (χ3n) is 5.83. The fraction of sp³-hybridized carbons (Fsp3) is 0.154. The Hall–Kier alpha value is -3.61. The Kier molecular flexibility index (Phi) is 5.00. The van der Waals surface area contributed by atoms with Gasteiger partial charge in [-0.25, -0.2) is 9.98 Å². The normalized spacial score (nSPS) is 12.7. The van der Waals surface area contributed by atoms with E-state index in [-0.39, 0.29) is 5.88 Å². The maximum Gasteiger partial charge on any atom is 0.199 e.